The van der Waals surface area contributed by atoms with Gasteiger partial charge in [0, 0.05) is 11.4 Å². The van der Waals surface area contributed by atoms with Gasteiger partial charge >= 0.3 is 0 Å². The molecule has 109 heavy (non-hydrogen) atoms. The normalized spacial score (nSPS) is 13.6. The summed E-state index contributed by atoms with van der Waals surface area (Å²) in [5, 5.41) is 79.0. The zero-order chi connectivity index (χ0) is 82.7. The monoisotopic (exact) mass is 1480 g/mol. The molecule has 0 unspecified atom stereocenters. The minimum atomic E-state index is -0.410. The molecule has 7 nitrogen and oxygen atoms in total. The third kappa shape index (κ3) is 20.0. The average molecular weight is 1480 g/mol. The lowest BCUT2D eigenvalue weighted by atomic mass is 9.77. The molecule has 0 saturated carbocycles. The maximum absolute atomic E-state index is 12.5. The molecule has 8 aromatic rings. The van der Waals surface area contributed by atoms with Crippen LogP contribution in [-0.2, 0) is 104 Å². The van der Waals surface area contributed by atoms with Crippen LogP contribution >= 0.6 is 0 Å². The van der Waals surface area contributed by atoms with Crippen molar-refractivity contribution in [1.29, 1.82) is 0 Å². The Morgan fingerprint density at radius 1 is 0.165 bits per heavy atom. The van der Waals surface area contributed by atoms with Gasteiger partial charge in [-0.3, -0.25) is 0 Å². The highest BCUT2D eigenvalue weighted by Crippen LogP contribution is 2.50. The van der Waals surface area contributed by atoms with Crippen molar-refractivity contribution < 1.29 is 30.6 Å². The predicted molar refractivity (Wildman–Crippen MR) is 466 cm³/mol. The van der Waals surface area contributed by atoms with Gasteiger partial charge in [-0.2, -0.15) is 0 Å². The second kappa shape index (κ2) is 29.5. The number of phenolic OH excluding ortho intramolecular Hbond substituents is 6. The third-order valence-corrected chi connectivity index (χ3v) is 22.1. The molecule has 592 valence electrons. The standard InChI is InChI=1S/C102H143NO6/c1-91(2,3)71-47-61(48-72(85(71)104)92(4,5)6)37-59-39-67(43-63-51-75(95(13,14)15)87(106)76(52-63)96(16,17)18)83(68(40-59)44-64-53-77(97(19,20)21)88(107)78(54-64)98(22,23)24)103-84-69(45-65-55-79(99(25,26)27)89(108)80(56-65)100(28,29)30)41-60(38-62-49-73(93(7,8)9)86(105)74(50-62)94(10,11)12)42-70(84)46-66-57-81(101(31,32)33)90(109)82(58-66)102(34,35)36/h39-42,47-58,103-109H,37-38,43-46H2,1-36H3. The molecule has 0 fully saturated rings. The van der Waals surface area contributed by atoms with Gasteiger partial charge in [0.1, 0.15) is 34.5 Å². The third-order valence-electron chi connectivity index (χ3n) is 22.1. The SMILES string of the molecule is CC(C)(C)c1cc(Cc2cc(Cc3cc(C(C)(C)C)c(O)c(C(C)(C)C)c3)c(Nc3c(Cc4cc(C(C)(C)C)c(O)c(C(C)(C)C)c4)cc(Cc4cc(C(C)(C)C)c(O)c(C(C)(C)C)c4)cc3Cc3cc(C(C)(C)C)c(O)c(C(C)(C)C)c3)c(Cc3cc(C(C)(C)C)c(O)c(C(C)(C)C)c3)c2)cc(C(C)(C)C)c1O. The predicted octanol–water partition coefficient (Wildman–Crippen LogP) is 26.8. The van der Waals surface area contributed by atoms with Crippen LogP contribution in [0.2, 0.25) is 0 Å². The van der Waals surface area contributed by atoms with Crippen LogP contribution in [0.25, 0.3) is 0 Å². The smallest absolute Gasteiger partial charge is 0.123 e. The van der Waals surface area contributed by atoms with E-state index in [1.54, 1.807) is 0 Å². The number of hydrogen-bond donors (Lipinski definition) is 7. The number of anilines is 2. The van der Waals surface area contributed by atoms with E-state index >= 15 is 0 Å². The van der Waals surface area contributed by atoms with Crippen molar-refractivity contribution >= 4 is 11.4 Å². The van der Waals surface area contributed by atoms with Crippen molar-refractivity contribution in [1.82, 2.24) is 0 Å². The average Bonchev–Trinajstić information content (AvgIpc) is 0.730. The number of rotatable bonds is 14. The molecule has 7 heteroatoms. The molecular formula is C102H143NO6. The van der Waals surface area contributed by atoms with Crippen LogP contribution in [0, 0.1) is 0 Å². The number of aromatic hydroxyl groups is 6. The zero-order valence-electron chi connectivity index (χ0n) is 74.7. The summed E-state index contributed by atoms with van der Waals surface area (Å²) in [5.74, 6) is 1.99. The van der Waals surface area contributed by atoms with Crippen molar-refractivity contribution in [2.24, 2.45) is 0 Å². The minimum absolute atomic E-state index is 0.327. The lowest BCUT2D eigenvalue weighted by Gasteiger charge is -2.30. The molecule has 0 aromatic heterocycles. The molecule has 0 amide bonds. The van der Waals surface area contributed by atoms with Gasteiger partial charge in [0.15, 0.2) is 0 Å². The summed E-state index contributed by atoms with van der Waals surface area (Å²) in [4.78, 5) is 0. The lowest BCUT2D eigenvalue weighted by molar-refractivity contribution is 0.422. The first kappa shape index (κ1) is 86.9. The molecule has 0 aliphatic heterocycles. The van der Waals surface area contributed by atoms with Crippen LogP contribution in [-0.4, -0.2) is 30.6 Å². The molecule has 0 spiro atoms. The number of nitrogens with one attached hydrogen (secondary N) is 1. The molecule has 8 rings (SSSR count). The first-order chi connectivity index (χ1) is 49.0. The summed E-state index contributed by atoms with van der Waals surface area (Å²) in [5.41, 5.74) is 20.8. The van der Waals surface area contributed by atoms with E-state index in [1.807, 2.05) is 0 Å². The van der Waals surface area contributed by atoms with E-state index in [0.29, 0.717) is 73.0 Å². The van der Waals surface area contributed by atoms with E-state index in [9.17, 15) is 30.6 Å². The van der Waals surface area contributed by atoms with Gasteiger partial charge in [0.25, 0.3) is 0 Å². The van der Waals surface area contributed by atoms with Crippen LogP contribution in [0.4, 0.5) is 11.4 Å². The Morgan fingerprint density at radius 3 is 0.376 bits per heavy atom. The van der Waals surface area contributed by atoms with Gasteiger partial charge in [-0.25, -0.2) is 0 Å². The molecule has 0 bridgehead atoms. The van der Waals surface area contributed by atoms with Gasteiger partial charge in [0.2, 0.25) is 0 Å². The van der Waals surface area contributed by atoms with Crippen molar-refractivity contribution in [3.05, 3.63) is 231 Å². The Balaban J connectivity index is 1.65. The van der Waals surface area contributed by atoms with Gasteiger partial charge in [0.05, 0.1) is 0 Å². The minimum Gasteiger partial charge on any atom is -0.507 e. The van der Waals surface area contributed by atoms with Gasteiger partial charge in [-0.1, -0.05) is 346 Å². The topological polar surface area (TPSA) is 133 Å². The van der Waals surface area contributed by atoms with Crippen LogP contribution in [0.3, 0.4) is 0 Å². The van der Waals surface area contributed by atoms with Gasteiger partial charge in [-0.15, -0.1) is 0 Å². The molecule has 0 radical (unpaired) electrons. The van der Waals surface area contributed by atoms with Crippen molar-refractivity contribution in [2.75, 3.05) is 5.32 Å². The van der Waals surface area contributed by atoms with Crippen molar-refractivity contribution in [2.45, 2.75) is 353 Å². The van der Waals surface area contributed by atoms with Crippen molar-refractivity contribution in [3.8, 4) is 34.5 Å². The second-order valence-corrected chi connectivity index (χ2v) is 45.0. The van der Waals surface area contributed by atoms with E-state index in [2.05, 4.69) is 352 Å². The fourth-order valence-corrected chi connectivity index (χ4v) is 15.9. The Labute approximate surface area is 661 Å². The van der Waals surface area contributed by atoms with Crippen molar-refractivity contribution in [3.63, 3.8) is 0 Å². The molecule has 7 N–H and O–H groups in total. The maximum atomic E-state index is 12.5. The van der Waals surface area contributed by atoms with Crippen LogP contribution < -0.4 is 5.32 Å². The van der Waals surface area contributed by atoms with Gasteiger partial charge in [-0.05, 0) is 237 Å². The van der Waals surface area contributed by atoms with Crippen LogP contribution in [0.1, 0.15) is 383 Å². The Bertz CT molecular complexity index is 4010. The number of hydrogen-bond acceptors (Lipinski definition) is 7. The summed E-state index contributed by atoms with van der Waals surface area (Å²) >= 11 is 0. The maximum Gasteiger partial charge on any atom is 0.123 e. The molecule has 0 aliphatic carbocycles. The fourth-order valence-electron chi connectivity index (χ4n) is 15.9. The van der Waals surface area contributed by atoms with Gasteiger partial charge < -0.3 is 36.0 Å². The largest absolute Gasteiger partial charge is 0.507 e. The lowest BCUT2D eigenvalue weighted by Crippen LogP contribution is -2.19. The summed E-state index contributed by atoms with van der Waals surface area (Å²) in [6, 6.07) is 36.4. The summed E-state index contributed by atoms with van der Waals surface area (Å²) in [6.45, 7) is 78.5. The highest BCUT2D eigenvalue weighted by molar-refractivity contribution is 5.76. The Morgan fingerprint density at radius 2 is 0.266 bits per heavy atom. The molecule has 0 aliphatic rings. The molecule has 0 heterocycles. The van der Waals surface area contributed by atoms with E-state index in [-0.39, 0.29) is 21.7 Å². The zero-order valence-corrected chi connectivity index (χ0v) is 74.7. The highest BCUT2D eigenvalue weighted by Gasteiger charge is 2.35. The highest BCUT2D eigenvalue weighted by atomic mass is 16.3. The quantitative estimate of drug-likeness (QED) is 0.0577. The number of phenols is 6. The Kier molecular flexibility index (Phi) is 23.5. The fraction of sp³-hybridized carbons (Fsp3) is 0.529. The van der Waals surface area contributed by atoms with E-state index in [0.717, 1.165) is 145 Å². The van der Waals surface area contributed by atoms with E-state index < -0.39 is 43.3 Å². The first-order valence-electron chi connectivity index (χ1n) is 40.3. The first-order valence-corrected chi connectivity index (χ1v) is 40.3. The number of benzene rings is 8. The summed E-state index contributed by atoms with van der Waals surface area (Å²) < 4.78 is 0. The van der Waals surface area contributed by atoms with E-state index in [1.165, 1.54) is 0 Å². The van der Waals surface area contributed by atoms with Crippen LogP contribution in [0.15, 0.2) is 97.1 Å². The van der Waals surface area contributed by atoms with Crippen LogP contribution in [0.5, 0.6) is 34.5 Å². The summed E-state index contributed by atoms with van der Waals surface area (Å²) in [7, 11) is 0. The molecular weight excluding hydrogens is 1340 g/mol. The van der Waals surface area contributed by atoms with E-state index in [4.69, 9.17) is 0 Å². The second-order valence-electron chi connectivity index (χ2n) is 45.0. The molecule has 0 atom stereocenters. The molecule has 0 saturated heterocycles. The Hall–Kier alpha value is -7.64. The summed E-state index contributed by atoms with van der Waals surface area (Å²) in [6.07, 6.45) is 3.08. The molecule has 8 aromatic carbocycles.